The van der Waals surface area contributed by atoms with Gasteiger partial charge in [0.1, 0.15) is 0 Å². The molecule has 4 nitrogen and oxygen atoms in total. The Morgan fingerprint density at radius 1 is 1.29 bits per heavy atom. The normalized spacial score (nSPS) is 16.0. The third-order valence-corrected chi connectivity index (χ3v) is 4.68. The van der Waals surface area contributed by atoms with Crippen molar-refractivity contribution in [3.63, 3.8) is 0 Å². The summed E-state index contributed by atoms with van der Waals surface area (Å²) in [5, 5.41) is 7.69. The molecule has 3 rings (SSSR count). The molecule has 126 valence electrons. The molecule has 1 N–H and O–H groups in total. The van der Waals surface area contributed by atoms with Gasteiger partial charge in [-0.25, -0.2) is 0 Å². The highest BCUT2D eigenvalue weighted by Crippen LogP contribution is 2.27. The number of hydrogen-bond donors (Lipinski definition) is 1. The lowest BCUT2D eigenvalue weighted by atomic mass is 9.93. The molecule has 1 aliphatic rings. The topological polar surface area (TPSA) is 49.0 Å². The molecule has 0 unspecified atom stereocenters. The number of rotatable bonds is 5. The molecule has 1 saturated heterocycles. The minimum Gasteiger partial charge on any atom is -0.342 e. The molecule has 2 heterocycles. The highest BCUT2D eigenvalue weighted by Gasteiger charge is 2.24. The fourth-order valence-corrected chi connectivity index (χ4v) is 3.27. The van der Waals surface area contributed by atoms with Crippen LogP contribution in [-0.4, -0.2) is 34.1 Å². The van der Waals surface area contributed by atoms with Crippen molar-refractivity contribution in [1.82, 2.24) is 15.1 Å². The van der Waals surface area contributed by atoms with Gasteiger partial charge in [0, 0.05) is 37.5 Å². The molecule has 24 heavy (non-hydrogen) atoms. The molecule has 1 aromatic carbocycles. The van der Waals surface area contributed by atoms with Crippen LogP contribution in [0.2, 0.25) is 0 Å². The van der Waals surface area contributed by atoms with Crippen LogP contribution >= 0.6 is 0 Å². The summed E-state index contributed by atoms with van der Waals surface area (Å²) in [6.07, 6.45) is 7.26. The van der Waals surface area contributed by atoms with E-state index in [9.17, 15) is 4.79 Å². The number of carbonyl (C=O) groups excluding carboxylic acids is 1. The molecule has 1 aliphatic heterocycles. The van der Waals surface area contributed by atoms with Crippen LogP contribution in [0.3, 0.4) is 0 Å². The summed E-state index contributed by atoms with van der Waals surface area (Å²) >= 11 is 0. The summed E-state index contributed by atoms with van der Waals surface area (Å²) < 4.78 is 0. The fourth-order valence-electron chi connectivity index (χ4n) is 3.27. The molecule has 0 saturated carbocycles. The Labute approximate surface area is 143 Å². The Morgan fingerprint density at radius 2 is 2.04 bits per heavy atom. The molecule has 2 aromatic rings. The van der Waals surface area contributed by atoms with E-state index in [4.69, 9.17) is 0 Å². The van der Waals surface area contributed by atoms with Gasteiger partial charge in [-0.2, -0.15) is 5.10 Å². The van der Waals surface area contributed by atoms with Gasteiger partial charge in [-0.05, 0) is 31.4 Å². The van der Waals surface area contributed by atoms with E-state index >= 15 is 0 Å². The first-order valence-corrected chi connectivity index (χ1v) is 8.73. The van der Waals surface area contributed by atoms with Crippen molar-refractivity contribution in [1.29, 1.82) is 0 Å². The van der Waals surface area contributed by atoms with Crippen LogP contribution in [0.4, 0.5) is 0 Å². The molecule has 0 atom stereocenters. The van der Waals surface area contributed by atoms with Crippen molar-refractivity contribution in [2.24, 2.45) is 0 Å². The van der Waals surface area contributed by atoms with Gasteiger partial charge in [0.25, 0.3) is 0 Å². The maximum Gasteiger partial charge on any atom is 0.226 e. The van der Waals surface area contributed by atoms with Gasteiger partial charge >= 0.3 is 0 Å². The van der Waals surface area contributed by atoms with Crippen molar-refractivity contribution >= 4 is 5.91 Å². The summed E-state index contributed by atoms with van der Waals surface area (Å²) in [6.45, 7) is 3.62. The molecular formula is C20H25N3O. The summed E-state index contributed by atoms with van der Waals surface area (Å²) in [4.78, 5) is 14.0. The van der Waals surface area contributed by atoms with Crippen molar-refractivity contribution < 1.29 is 4.79 Å². The van der Waals surface area contributed by atoms with Crippen LogP contribution in [0.25, 0.3) is 0 Å². The second-order valence-corrected chi connectivity index (χ2v) is 6.41. The number of piperidine rings is 1. The number of aromatic nitrogens is 2. The molecular weight excluding hydrogens is 298 g/mol. The number of nitrogens with zero attached hydrogens (tertiary/aromatic N) is 2. The summed E-state index contributed by atoms with van der Waals surface area (Å²) in [6, 6.07) is 12.6. The number of nitrogens with one attached hydrogen (secondary N) is 1. The lowest BCUT2D eigenvalue weighted by Gasteiger charge is -2.31. The Balaban J connectivity index is 1.54. The van der Waals surface area contributed by atoms with Gasteiger partial charge in [-0.3, -0.25) is 9.89 Å². The molecule has 0 radical (unpaired) electrons. The zero-order valence-electron chi connectivity index (χ0n) is 14.2. The van der Waals surface area contributed by atoms with Crippen molar-refractivity contribution in [2.45, 2.75) is 38.5 Å². The van der Waals surface area contributed by atoms with E-state index in [-0.39, 0.29) is 5.91 Å². The predicted molar refractivity (Wildman–Crippen MR) is 95.8 cm³/mol. The molecule has 0 bridgehead atoms. The largest absolute Gasteiger partial charge is 0.342 e. The highest BCUT2D eigenvalue weighted by molar-refractivity contribution is 5.77. The van der Waals surface area contributed by atoms with Gasteiger partial charge < -0.3 is 4.90 Å². The van der Waals surface area contributed by atoms with E-state index in [0.29, 0.717) is 12.3 Å². The van der Waals surface area contributed by atoms with Crippen molar-refractivity contribution in [2.75, 3.05) is 13.1 Å². The number of likely N-dealkylation sites (tertiary alicyclic amines) is 1. The number of allylic oxidation sites excluding steroid dienone is 1. The van der Waals surface area contributed by atoms with Gasteiger partial charge in [0.2, 0.25) is 5.91 Å². The van der Waals surface area contributed by atoms with Crippen LogP contribution in [-0.2, 0) is 11.2 Å². The van der Waals surface area contributed by atoms with E-state index in [1.54, 1.807) is 0 Å². The second-order valence-electron chi connectivity index (χ2n) is 6.41. The maximum atomic E-state index is 12.1. The zero-order valence-corrected chi connectivity index (χ0v) is 14.2. The van der Waals surface area contributed by atoms with Crippen LogP contribution < -0.4 is 0 Å². The first-order chi connectivity index (χ1) is 11.8. The fraction of sp³-hybridized carbons (Fsp3) is 0.400. The van der Waals surface area contributed by atoms with Crippen molar-refractivity contribution in [3.05, 3.63) is 65.5 Å². The van der Waals surface area contributed by atoms with Crippen LogP contribution in [0.5, 0.6) is 0 Å². The Bertz CT molecular complexity index is 682. The summed E-state index contributed by atoms with van der Waals surface area (Å²) in [5.74, 6) is 0.690. The number of H-pyrrole nitrogens is 1. The van der Waals surface area contributed by atoms with Gasteiger partial charge in [0.05, 0.1) is 5.69 Å². The number of carbonyl (C=O) groups is 1. The Hall–Kier alpha value is -2.36. The number of amides is 1. The van der Waals surface area contributed by atoms with E-state index in [1.807, 2.05) is 30.0 Å². The molecule has 1 amide bonds. The van der Waals surface area contributed by atoms with E-state index in [0.717, 1.165) is 43.7 Å². The average Bonchev–Trinajstić information content (AvgIpc) is 3.09. The first-order valence-electron chi connectivity index (χ1n) is 8.73. The third kappa shape index (κ3) is 4.13. The minimum absolute atomic E-state index is 0.235. The lowest BCUT2D eigenvalue weighted by Crippen LogP contribution is -2.37. The molecule has 1 fully saturated rings. The van der Waals surface area contributed by atoms with Crippen molar-refractivity contribution in [3.8, 4) is 0 Å². The average molecular weight is 323 g/mol. The monoisotopic (exact) mass is 323 g/mol. The predicted octanol–water partition coefficient (Wildman–Crippen LogP) is 3.67. The van der Waals surface area contributed by atoms with Gasteiger partial charge in [0.15, 0.2) is 0 Å². The van der Waals surface area contributed by atoms with E-state index < -0.39 is 0 Å². The molecule has 0 aliphatic carbocycles. The van der Waals surface area contributed by atoms with Gasteiger partial charge in [-0.1, -0.05) is 42.5 Å². The standard InChI is InChI=1S/C20H25N3O/c1-2-3-9-20(24)23-12-10-17(11-13-23)19-15-18(21-22-19)14-16-7-5-4-6-8-16/h2-8,15,17H,9-14H2,1H3,(H,21,22). The number of hydrogen-bond acceptors (Lipinski definition) is 2. The quantitative estimate of drug-likeness (QED) is 0.854. The lowest BCUT2D eigenvalue weighted by molar-refractivity contribution is -0.131. The van der Waals surface area contributed by atoms with E-state index in [1.165, 1.54) is 5.56 Å². The minimum atomic E-state index is 0.235. The van der Waals surface area contributed by atoms with Crippen LogP contribution in [0.1, 0.15) is 49.1 Å². The Kier molecular flexibility index (Phi) is 5.47. The summed E-state index contributed by atoms with van der Waals surface area (Å²) in [5.41, 5.74) is 3.58. The first kappa shape index (κ1) is 16.5. The van der Waals surface area contributed by atoms with Gasteiger partial charge in [-0.15, -0.1) is 0 Å². The van der Waals surface area contributed by atoms with Crippen LogP contribution in [0, 0.1) is 0 Å². The molecule has 1 aromatic heterocycles. The molecule has 4 heteroatoms. The Morgan fingerprint density at radius 3 is 2.75 bits per heavy atom. The summed E-state index contributed by atoms with van der Waals surface area (Å²) in [7, 11) is 0. The second kappa shape index (κ2) is 7.95. The third-order valence-electron chi connectivity index (χ3n) is 4.68. The number of benzene rings is 1. The molecule has 0 spiro atoms. The zero-order chi connectivity index (χ0) is 16.8. The SMILES string of the molecule is CC=CCC(=O)N1CCC(c2cc(Cc3ccccc3)[nH]n2)CC1. The van der Waals surface area contributed by atoms with Crippen LogP contribution in [0.15, 0.2) is 48.6 Å². The smallest absolute Gasteiger partial charge is 0.226 e. The highest BCUT2D eigenvalue weighted by atomic mass is 16.2. The van der Waals surface area contributed by atoms with E-state index in [2.05, 4.69) is 40.5 Å². The number of aromatic amines is 1. The maximum absolute atomic E-state index is 12.1.